The average Bonchev–Trinajstić information content (AvgIpc) is 2.79. The minimum absolute atomic E-state index is 0.0170. The Kier molecular flexibility index (Phi) is 4.01. The molecular weight excluding hydrogens is 315 g/mol. The molecule has 0 amide bonds. The number of thiazole rings is 1. The van der Waals surface area contributed by atoms with Gasteiger partial charge in [-0.2, -0.15) is 13.2 Å². The highest BCUT2D eigenvalue weighted by atomic mass is 35.5. The zero-order valence-electron chi connectivity index (χ0n) is 9.99. The van der Waals surface area contributed by atoms with Crippen LogP contribution in [0.5, 0.6) is 0 Å². The van der Waals surface area contributed by atoms with Crippen molar-refractivity contribution >= 4 is 28.9 Å². The third-order valence-electron chi connectivity index (χ3n) is 2.42. The Balaban J connectivity index is 2.56. The summed E-state index contributed by atoms with van der Waals surface area (Å²) in [5, 5.41) is -0.155. The van der Waals surface area contributed by atoms with E-state index in [0.717, 1.165) is 24.5 Å². The Morgan fingerprint density at radius 1 is 1.35 bits per heavy atom. The Hall–Kier alpha value is -1.60. The molecule has 0 saturated heterocycles. The number of ether oxygens (including phenoxy) is 1. The van der Waals surface area contributed by atoms with Crippen molar-refractivity contribution in [3.8, 4) is 10.6 Å². The van der Waals surface area contributed by atoms with Crippen LogP contribution in [-0.4, -0.2) is 18.1 Å². The summed E-state index contributed by atoms with van der Waals surface area (Å²) in [5.41, 5.74) is -0.955. The molecule has 1 aromatic heterocycles. The normalized spacial score (nSPS) is 11.4. The third-order valence-corrected chi connectivity index (χ3v) is 3.87. The number of rotatable bonds is 2. The second kappa shape index (κ2) is 5.41. The predicted molar refractivity (Wildman–Crippen MR) is 68.9 cm³/mol. The second-order valence-corrected chi connectivity index (χ2v) is 5.03. The fraction of sp³-hybridized carbons (Fsp3) is 0.167. The molecule has 3 nitrogen and oxygen atoms in total. The molecule has 0 saturated carbocycles. The van der Waals surface area contributed by atoms with Crippen molar-refractivity contribution < 1.29 is 22.7 Å². The fourth-order valence-corrected chi connectivity index (χ4v) is 2.79. The van der Waals surface area contributed by atoms with Crippen LogP contribution in [0.1, 0.15) is 15.2 Å². The molecule has 0 radical (unpaired) electrons. The lowest BCUT2D eigenvalue weighted by atomic mass is 10.1. The van der Waals surface area contributed by atoms with Crippen LogP contribution in [0.2, 0.25) is 5.15 Å². The van der Waals surface area contributed by atoms with Gasteiger partial charge in [-0.05, 0) is 6.07 Å². The van der Waals surface area contributed by atoms with Crippen molar-refractivity contribution in [2.45, 2.75) is 6.18 Å². The first kappa shape index (κ1) is 14.8. The summed E-state index contributed by atoms with van der Waals surface area (Å²) in [6.45, 7) is 0. The van der Waals surface area contributed by atoms with E-state index in [9.17, 15) is 18.0 Å². The van der Waals surface area contributed by atoms with Gasteiger partial charge in [-0.25, -0.2) is 9.78 Å². The van der Waals surface area contributed by atoms with Gasteiger partial charge < -0.3 is 4.74 Å². The molecule has 0 spiro atoms. The monoisotopic (exact) mass is 321 g/mol. The van der Waals surface area contributed by atoms with Crippen LogP contribution < -0.4 is 0 Å². The van der Waals surface area contributed by atoms with E-state index >= 15 is 0 Å². The van der Waals surface area contributed by atoms with Crippen LogP contribution in [0.3, 0.4) is 0 Å². The highest BCUT2D eigenvalue weighted by molar-refractivity contribution is 7.17. The van der Waals surface area contributed by atoms with Gasteiger partial charge in [0.2, 0.25) is 0 Å². The van der Waals surface area contributed by atoms with E-state index in [1.54, 1.807) is 0 Å². The third kappa shape index (κ3) is 2.78. The molecule has 0 aliphatic carbocycles. The number of methoxy groups -OCH3 is 1. The highest BCUT2D eigenvalue weighted by Gasteiger charge is 2.34. The molecule has 1 aromatic carbocycles. The number of carbonyl (C=O) groups is 1. The molecule has 8 heteroatoms. The van der Waals surface area contributed by atoms with Crippen LogP contribution in [0.25, 0.3) is 10.6 Å². The van der Waals surface area contributed by atoms with E-state index in [0.29, 0.717) is 0 Å². The van der Waals surface area contributed by atoms with Gasteiger partial charge in [-0.15, -0.1) is 11.3 Å². The largest absolute Gasteiger partial charge is 0.465 e. The zero-order chi connectivity index (χ0) is 14.9. The number of aromatic nitrogens is 1. The number of halogens is 4. The number of nitrogens with zero attached hydrogens (tertiary/aromatic N) is 1. The van der Waals surface area contributed by atoms with E-state index in [4.69, 9.17) is 11.6 Å². The Morgan fingerprint density at radius 2 is 2.00 bits per heavy atom. The lowest BCUT2D eigenvalue weighted by Crippen LogP contribution is -2.06. The SMILES string of the molecule is COC(=O)c1sc(-c2ccccc2C(F)(F)F)nc1Cl. The number of alkyl halides is 3. The molecular formula is C12H7ClF3NO2S. The van der Waals surface area contributed by atoms with Crippen molar-refractivity contribution in [3.05, 3.63) is 39.9 Å². The maximum absolute atomic E-state index is 12.9. The standard InChI is InChI=1S/C12H7ClF3NO2S/c1-19-11(18)8-9(13)17-10(20-8)6-4-2-3-5-7(6)12(14,15)16/h2-5H,1H3. The molecule has 0 aliphatic rings. The molecule has 0 N–H and O–H groups in total. The number of hydrogen-bond acceptors (Lipinski definition) is 4. The Bertz CT molecular complexity index is 654. The van der Waals surface area contributed by atoms with Crippen LogP contribution in [-0.2, 0) is 10.9 Å². The smallest absolute Gasteiger partial charge is 0.417 e. The topological polar surface area (TPSA) is 39.2 Å². The summed E-state index contributed by atoms with van der Waals surface area (Å²) < 4.78 is 43.2. The maximum atomic E-state index is 12.9. The number of carbonyl (C=O) groups excluding carboxylic acids is 1. The molecule has 106 valence electrons. The van der Waals surface area contributed by atoms with Crippen molar-refractivity contribution in [2.75, 3.05) is 7.11 Å². The minimum atomic E-state index is -4.51. The molecule has 0 fully saturated rings. The zero-order valence-corrected chi connectivity index (χ0v) is 11.6. The van der Waals surface area contributed by atoms with E-state index in [2.05, 4.69) is 9.72 Å². The van der Waals surface area contributed by atoms with E-state index in [-0.39, 0.29) is 20.6 Å². The summed E-state index contributed by atoms with van der Waals surface area (Å²) >= 11 is 6.51. The predicted octanol–water partition coefficient (Wildman–Crippen LogP) is 4.27. The quantitative estimate of drug-likeness (QED) is 0.775. The van der Waals surface area contributed by atoms with Gasteiger partial charge in [0, 0.05) is 5.56 Å². The fourth-order valence-electron chi connectivity index (χ4n) is 1.55. The summed E-state index contributed by atoms with van der Waals surface area (Å²) in [5.74, 6) is -0.733. The van der Waals surface area contributed by atoms with Gasteiger partial charge in [0.15, 0.2) is 10.0 Å². The summed E-state index contributed by atoms with van der Waals surface area (Å²) in [6.07, 6.45) is -4.51. The lowest BCUT2D eigenvalue weighted by molar-refractivity contribution is -0.137. The maximum Gasteiger partial charge on any atom is 0.417 e. The highest BCUT2D eigenvalue weighted by Crippen LogP contribution is 2.39. The van der Waals surface area contributed by atoms with Crippen LogP contribution in [0, 0.1) is 0 Å². The Morgan fingerprint density at radius 3 is 2.60 bits per heavy atom. The van der Waals surface area contributed by atoms with E-state index in [1.807, 2.05) is 0 Å². The van der Waals surface area contributed by atoms with E-state index < -0.39 is 17.7 Å². The summed E-state index contributed by atoms with van der Waals surface area (Å²) in [6, 6.07) is 4.96. The van der Waals surface area contributed by atoms with Crippen LogP contribution in [0.15, 0.2) is 24.3 Å². The van der Waals surface area contributed by atoms with Gasteiger partial charge >= 0.3 is 12.1 Å². The van der Waals surface area contributed by atoms with Crippen molar-refractivity contribution in [1.29, 1.82) is 0 Å². The van der Waals surface area contributed by atoms with Gasteiger partial charge in [0.25, 0.3) is 0 Å². The Labute approximate surface area is 121 Å². The van der Waals surface area contributed by atoms with Crippen molar-refractivity contribution in [3.63, 3.8) is 0 Å². The van der Waals surface area contributed by atoms with Gasteiger partial charge in [0.1, 0.15) is 5.01 Å². The number of esters is 1. The second-order valence-electron chi connectivity index (χ2n) is 3.67. The van der Waals surface area contributed by atoms with Gasteiger partial charge in [0.05, 0.1) is 12.7 Å². The first-order chi connectivity index (χ1) is 9.34. The molecule has 1 heterocycles. The number of benzene rings is 1. The van der Waals surface area contributed by atoms with Gasteiger partial charge in [-0.1, -0.05) is 29.8 Å². The minimum Gasteiger partial charge on any atom is -0.465 e. The molecule has 0 aliphatic heterocycles. The molecule has 0 unspecified atom stereocenters. The first-order valence-electron chi connectivity index (χ1n) is 5.26. The first-order valence-corrected chi connectivity index (χ1v) is 6.45. The van der Waals surface area contributed by atoms with Crippen LogP contribution >= 0.6 is 22.9 Å². The van der Waals surface area contributed by atoms with Crippen LogP contribution in [0.4, 0.5) is 13.2 Å². The summed E-state index contributed by atoms with van der Waals surface area (Å²) in [4.78, 5) is 15.2. The number of hydrogen-bond donors (Lipinski definition) is 0. The van der Waals surface area contributed by atoms with Crippen molar-refractivity contribution in [1.82, 2.24) is 4.98 Å². The molecule has 0 atom stereocenters. The average molecular weight is 322 g/mol. The molecule has 20 heavy (non-hydrogen) atoms. The van der Waals surface area contributed by atoms with E-state index in [1.165, 1.54) is 18.2 Å². The molecule has 0 bridgehead atoms. The molecule has 2 aromatic rings. The van der Waals surface area contributed by atoms with Crippen molar-refractivity contribution in [2.24, 2.45) is 0 Å². The van der Waals surface area contributed by atoms with Gasteiger partial charge in [-0.3, -0.25) is 0 Å². The molecule has 2 rings (SSSR count). The lowest BCUT2D eigenvalue weighted by Gasteiger charge is -2.10. The summed E-state index contributed by atoms with van der Waals surface area (Å²) in [7, 11) is 1.15.